The Morgan fingerprint density at radius 2 is 2.17 bits per heavy atom. The van der Waals surface area contributed by atoms with Crippen LogP contribution in [0, 0.1) is 5.92 Å². The van der Waals surface area contributed by atoms with Crippen molar-refractivity contribution in [2.75, 3.05) is 0 Å². The summed E-state index contributed by atoms with van der Waals surface area (Å²) in [6.45, 7) is 1.98. The highest BCUT2D eigenvalue weighted by molar-refractivity contribution is 9.10. The van der Waals surface area contributed by atoms with Gasteiger partial charge in [-0.15, -0.1) is 0 Å². The van der Waals surface area contributed by atoms with Gasteiger partial charge in [0.15, 0.2) is 0 Å². The van der Waals surface area contributed by atoms with Crippen LogP contribution in [0.15, 0.2) is 22.7 Å². The minimum atomic E-state index is -0.487. The van der Waals surface area contributed by atoms with Crippen molar-refractivity contribution >= 4 is 39.3 Å². The molecule has 0 bridgehead atoms. The predicted octanol–water partition coefficient (Wildman–Crippen LogP) is 2.23. The fraction of sp³-hybridized carbons (Fsp3) is 0.333. The van der Waals surface area contributed by atoms with E-state index in [0.717, 1.165) is 10.0 Å². The van der Waals surface area contributed by atoms with E-state index in [1.165, 1.54) is 0 Å². The fourth-order valence-electron chi connectivity index (χ4n) is 1.42. The summed E-state index contributed by atoms with van der Waals surface area (Å²) in [5.41, 5.74) is 5.85. The Labute approximate surface area is 119 Å². The van der Waals surface area contributed by atoms with Crippen molar-refractivity contribution in [3.63, 3.8) is 0 Å². The number of primary amides is 1. The maximum Gasteiger partial charge on any atom is 0.223 e. The molecular weight excluding hydrogens is 320 g/mol. The summed E-state index contributed by atoms with van der Waals surface area (Å²) in [7, 11) is 0. The highest BCUT2D eigenvalue weighted by Gasteiger charge is 2.15. The van der Waals surface area contributed by atoms with Crippen molar-refractivity contribution < 1.29 is 9.59 Å². The molecule has 3 N–H and O–H groups in total. The first-order valence-corrected chi connectivity index (χ1v) is 6.57. The molecule has 2 amide bonds. The number of nitrogens with two attached hydrogens (primary N) is 1. The number of hydrogen-bond acceptors (Lipinski definition) is 2. The Balaban J connectivity index is 2.54. The van der Waals surface area contributed by atoms with Gasteiger partial charge in [-0.3, -0.25) is 9.59 Å². The molecular formula is C12H14BrClN2O2. The third-order valence-electron chi connectivity index (χ3n) is 2.42. The van der Waals surface area contributed by atoms with Gasteiger partial charge in [0.2, 0.25) is 11.8 Å². The summed E-state index contributed by atoms with van der Waals surface area (Å²) < 4.78 is 0.879. The Morgan fingerprint density at radius 3 is 2.72 bits per heavy atom. The van der Waals surface area contributed by atoms with Crippen LogP contribution >= 0.6 is 27.5 Å². The minimum absolute atomic E-state index is 0.0416. The molecule has 1 atom stereocenters. The Kier molecular flexibility index (Phi) is 5.62. The Hall–Kier alpha value is -1.07. The largest absolute Gasteiger partial charge is 0.370 e. The average Bonchev–Trinajstić information content (AvgIpc) is 2.26. The number of rotatable bonds is 5. The lowest BCUT2D eigenvalue weighted by molar-refractivity contribution is -0.128. The van der Waals surface area contributed by atoms with E-state index in [9.17, 15) is 9.59 Å². The highest BCUT2D eigenvalue weighted by atomic mass is 79.9. The van der Waals surface area contributed by atoms with Crippen molar-refractivity contribution in [3.8, 4) is 0 Å². The second-order valence-corrected chi connectivity index (χ2v) is 5.35. The normalized spacial score (nSPS) is 11.9. The summed E-state index contributed by atoms with van der Waals surface area (Å²) >= 11 is 9.32. The summed E-state index contributed by atoms with van der Waals surface area (Å²) in [6, 6.07) is 5.43. The third kappa shape index (κ3) is 4.66. The van der Waals surface area contributed by atoms with Gasteiger partial charge in [0, 0.05) is 28.4 Å². The number of nitrogens with one attached hydrogen (secondary N) is 1. The topological polar surface area (TPSA) is 72.2 Å². The molecule has 1 aromatic rings. The number of halogens is 2. The van der Waals surface area contributed by atoms with Crippen molar-refractivity contribution in [2.24, 2.45) is 11.7 Å². The van der Waals surface area contributed by atoms with Gasteiger partial charge in [-0.05, 0) is 17.7 Å². The van der Waals surface area contributed by atoms with Gasteiger partial charge >= 0.3 is 0 Å². The lowest BCUT2D eigenvalue weighted by atomic mass is 10.1. The van der Waals surface area contributed by atoms with Crippen molar-refractivity contribution in [3.05, 3.63) is 33.3 Å². The molecule has 0 saturated carbocycles. The highest BCUT2D eigenvalue weighted by Crippen LogP contribution is 2.21. The maximum absolute atomic E-state index is 11.7. The van der Waals surface area contributed by atoms with Gasteiger partial charge in [0.05, 0.1) is 0 Å². The summed E-state index contributed by atoms with van der Waals surface area (Å²) in [5, 5.41) is 3.29. The molecule has 98 valence electrons. The monoisotopic (exact) mass is 332 g/mol. The maximum atomic E-state index is 11.7. The van der Waals surface area contributed by atoms with Crippen molar-refractivity contribution in [1.82, 2.24) is 5.32 Å². The molecule has 0 aliphatic carbocycles. The molecule has 0 heterocycles. The van der Waals surface area contributed by atoms with Gasteiger partial charge in [-0.1, -0.05) is 40.5 Å². The van der Waals surface area contributed by atoms with Crippen LogP contribution in [0.4, 0.5) is 0 Å². The van der Waals surface area contributed by atoms with Gasteiger partial charge < -0.3 is 11.1 Å². The lowest BCUT2D eigenvalue weighted by Crippen LogP contribution is -2.31. The second-order valence-electron chi connectivity index (χ2n) is 4.03. The number of amides is 2. The average molecular weight is 334 g/mol. The minimum Gasteiger partial charge on any atom is -0.370 e. The zero-order chi connectivity index (χ0) is 13.7. The summed E-state index contributed by atoms with van der Waals surface area (Å²) in [6.07, 6.45) is 0.0416. The standard InChI is InChI=1S/C12H14BrClN2O2/c1-7(4-11(15)17)12(18)16-6-8-2-3-9(13)5-10(8)14/h2-3,5,7H,4,6H2,1H3,(H2,15,17)(H,16,18)/t7-/m0/s1. The van der Waals surface area contributed by atoms with Gasteiger partial charge in [-0.2, -0.15) is 0 Å². The first-order valence-electron chi connectivity index (χ1n) is 5.40. The lowest BCUT2D eigenvalue weighted by Gasteiger charge is -2.11. The molecule has 1 aromatic carbocycles. The van der Waals surface area contributed by atoms with Crippen LogP contribution in [0.25, 0.3) is 0 Å². The van der Waals surface area contributed by atoms with Crippen LogP contribution in [0.3, 0.4) is 0 Å². The van der Waals surface area contributed by atoms with E-state index in [1.54, 1.807) is 13.0 Å². The van der Waals surface area contributed by atoms with Crippen LogP contribution in [0.2, 0.25) is 5.02 Å². The zero-order valence-electron chi connectivity index (χ0n) is 9.87. The Bertz CT molecular complexity index is 465. The molecule has 6 heteroatoms. The number of carbonyl (C=O) groups is 2. The molecule has 0 radical (unpaired) electrons. The van der Waals surface area contributed by atoms with Crippen LogP contribution in [0.5, 0.6) is 0 Å². The van der Waals surface area contributed by atoms with Crippen LogP contribution in [-0.4, -0.2) is 11.8 Å². The SMILES string of the molecule is C[C@@H](CC(N)=O)C(=O)NCc1ccc(Br)cc1Cl. The van der Waals surface area contributed by atoms with Crippen LogP contribution in [-0.2, 0) is 16.1 Å². The summed E-state index contributed by atoms with van der Waals surface area (Å²) in [4.78, 5) is 22.4. The van der Waals surface area contributed by atoms with E-state index in [2.05, 4.69) is 21.2 Å². The molecule has 4 nitrogen and oxygen atoms in total. The van der Waals surface area contributed by atoms with Crippen LogP contribution < -0.4 is 11.1 Å². The third-order valence-corrected chi connectivity index (χ3v) is 3.27. The molecule has 0 aliphatic rings. The van der Waals surface area contributed by atoms with Gasteiger partial charge in [0.25, 0.3) is 0 Å². The first kappa shape index (κ1) is 15.0. The van der Waals surface area contributed by atoms with Gasteiger partial charge in [-0.25, -0.2) is 0 Å². The fourth-order valence-corrected chi connectivity index (χ4v) is 2.16. The summed E-state index contributed by atoms with van der Waals surface area (Å²) in [5.74, 6) is -1.14. The number of carbonyl (C=O) groups excluding carboxylic acids is 2. The predicted molar refractivity (Wildman–Crippen MR) is 74.0 cm³/mol. The molecule has 0 spiro atoms. The molecule has 18 heavy (non-hydrogen) atoms. The zero-order valence-corrected chi connectivity index (χ0v) is 12.2. The number of hydrogen-bond donors (Lipinski definition) is 2. The molecule has 0 aliphatic heterocycles. The van der Waals surface area contributed by atoms with E-state index in [0.29, 0.717) is 11.6 Å². The van der Waals surface area contributed by atoms with Gasteiger partial charge in [0.1, 0.15) is 0 Å². The van der Waals surface area contributed by atoms with Crippen molar-refractivity contribution in [2.45, 2.75) is 19.9 Å². The quantitative estimate of drug-likeness (QED) is 0.867. The van der Waals surface area contributed by atoms with Crippen LogP contribution in [0.1, 0.15) is 18.9 Å². The Morgan fingerprint density at radius 1 is 1.50 bits per heavy atom. The number of benzene rings is 1. The second kappa shape index (κ2) is 6.75. The van der Waals surface area contributed by atoms with Crippen molar-refractivity contribution in [1.29, 1.82) is 0 Å². The van der Waals surface area contributed by atoms with E-state index in [4.69, 9.17) is 17.3 Å². The first-order chi connectivity index (χ1) is 8.40. The molecule has 0 fully saturated rings. The molecule has 0 unspecified atom stereocenters. The molecule has 0 saturated heterocycles. The van der Waals surface area contributed by atoms with E-state index < -0.39 is 11.8 Å². The van der Waals surface area contributed by atoms with E-state index in [-0.39, 0.29) is 12.3 Å². The molecule has 0 aromatic heterocycles. The smallest absolute Gasteiger partial charge is 0.223 e. The van der Waals surface area contributed by atoms with E-state index >= 15 is 0 Å². The molecule has 1 rings (SSSR count). The van der Waals surface area contributed by atoms with E-state index in [1.807, 2.05) is 12.1 Å².